The van der Waals surface area contributed by atoms with Crippen LogP contribution in [0.4, 0.5) is 0 Å². The van der Waals surface area contributed by atoms with E-state index in [0.717, 1.165) is 28.9 Å². The maximum Gasteiger partial charge on any atom is 0.307 e. The van der Waals surface area contributed by atoms with E-state index in [0.29, 0.717) is 6.61 Å². The van der Waals surface area contributed by atoms with Crippen LogP contribution in [0.3, 0.4) is 0 Å². The summed E-state index contributed by atoms with van der Waals surface area (Å²) in [4.78, 5) is 10.9. The number of carboxylic acids is 1. The van der Waals surface area contributed by atoms with Crippen LogP contribution in [-0.4, -0.2) is 30.4 Å². The molecule has 0 bridgehead atoms. The third-order valence-electron chi connectivity index (χ3n) is 3.93. The molecule has 1 saturated heterocycles. The summed E-state index contributed by atoms with van der Waals surface area (Å²) in [5, 5.41) is 8.97. The molecular formula is C19H20O4. The van der Waals surface area contributed by atoms with Gasteiger partial charge in [-0.1, -0.05) is 48.5 Å². The maximum atomic E-state index is 10.9. The van der Waals surface area contributed by atoms with Gasteiger partial charge in [0.25, 0.3) is 0 Å². The summed E-state index contributed by atoms with van der Waals surface area (Å²) in [6, 6.07) is 15.7. The van der Waals surface area contributed by atoms with E-state index in [-0.39, 0.29) is 18.6 Å². The van der Waals surface area contributed by atoms with Crippen molar-refractivity contribution >= 4 is 5.97 Å². The molecule has 0 aliphatic carbocycles. The molecule has 0 saturated carbocycles. The van der Waals surface area contributed by atoms with Crippen LogP contribution in [0, 0.1) is 0 Å². The molecule has 1 aliphatic rings. The molecule has 2 aromatic rings. The third-order valence-corrected chi connectivity index (χ3v) is 3.93. The quantitative estimate of drug-likeness (QED) is 0.795. The number of benzene rings is 2. The summed E-state index contributed by atoms with van der Waals surface area (Å²) in [5.74, 6) is -0.823. The average molecular weight is 312 g/mol. The van der Waals surface area contributed by atoms with Crippen molar-refractivity contribution in [1.82, 2.24) is 0 Å². The molecule has 2 aromatic carbocycles. The van der Waals surface area contributed by atoms with Crippen molar-refractivity contribution in [3.63, 3.8) is 0 Å². The van der Waals surface area contributed by atoms with Crippen LogP contribution >= 0.6 is 0 Å². The zero-order chi connectivity index (χ0) is 16.2. The number of hydrogen-bond donors (Lipinski definition) is 1. The van der Waals surface area contributed by atoms with Crippen molar-refractivity contribution in [1.29, 1.82) is 0 Å². The van der Waals surface area contributed by atoms with Gasteiger partial charge in [0.15, 0.2) is 0 Å². The average Bonchev–Trinajstić information content (AvgIpc) is 3.36. The number of epoxide rings is 1. The lowest BCUT2D eigenvalue weighted by atomic mass is 9.95. The van der Waals surface area contributed by atoms with E-state index in [9.17, 15) is 4.79 Å². The Balaban J connectivity index is 1.85. The Morgan fingerprint density at radius 1 is 1.30 bits per heavy atom. The summed E-state index contributed by atoms with van der Waals surface area (Å²) in [6.07, 6.45) is 0.225. The van der Waals surface area contributed by atoms with Gasteiger partial charge in [-0.3, -0.25) is 4.79 Å². The highest BCUT2D eigenvalue weighted by atomic mass is 16.6. The second-order valence-corrected chi connectivity index (χ2v) is 5.79. The Bertz CT molecular complexity index is 691. The van der Waals surface area contributed by atoms with Gasteiger partial charge in [0.1, 0.15) is 6.10 Å². The number of ether oxygens (including phenoxy) is 2. The first-order chi connectivity index (χ1) is 11.1. The van der Waals surface area contributed by atoms with Crippen LogP contribution in [0.1, 0.15) is 24.2 Å². The highest BCUT2D eigenvalue weighted by Gasteiger charge is 2.24. The molecule has 0 unspecified atom stereocenters. The Morgan fingerprint density at radius 2 is 2.09 bits per heavy atom. The SMILES string of the molecule is C[C@@H](OC[C@H]1CO1)c1ccccc1-c1cccc(CC(=O)O)c1. The minimum Gasteiger partial charge on any atom is -0.481 e. The van der Waals surface area contributed by atoms with Crippen molar-refractivity contribution in [2.45, 2.75) is 25.6 Å². The van der Waals surface area contributed by atoms with Gasteiger partial charge < -0.3 is 14.6 Å². The lowest BCUT2D eigenvalue weighted by Gasteiger charge is -2.17. The molecule has 2 atom stereocenters. The van der Waals surface area contributed by atoms with E-state index in [4.69, 9.17) is 14.6 Å². The van der Waals surface area contributed by atoms with Gasteiger partial charge in [-0.15, -0.1) is 0 Å². The first-order valence-electron chi connectivity index (χ1n) is 7.76. The Kier molecular flexibility index (Phi) is 4.74. The number of carbonyl (C=O) groups is 1. The first-order valence-corrected chi connectivity index (χ1v) is 7.76. The molecule has 0 aromatic heterocycles. The van der Waals surface area contributed by atoms with E-state index in [2.05, 4.69) is 6.07 Å². The molecule has 23 heavy (non-hydrogen) atoms. The highest BCUT2D eigenvalue weighted by Crippen LogP contribution is 2.31. The number of hydrogen-bond acceptors (Lipinski definition) is 3. The van der Waals surface area contributed by atoms with Gasteiger partial charge in [0, 0.05) is 0 Å². The van der Waals surface area contributed by atoms with E-state index >= 15 is 0 Å². The van der Waals surface area contributed by atoms with Crippen LogP contribution in [-0.2, 0) is 20.7 Å². The van der Waals surface area contributed by atoms with Gasteiger partial charge in [0.05, 0.1) is 25.7 Å². The smallest absolute Gasteiger partial charge is 0.307 e. The predicted octanol–water partition coefficient (Wildman–Crippen LogP) is 3.46. The molecular weight excluding hydrogens is 292 g/mol. The van der Waals surface area contributed by atoms with Crippen LogP contribution in [0.15, 0.2) is 48.5 Å². The van der Waals surface area contributed by atoms with Gasteiger partial charge in [-0.05, 0) is 29.2 Å². The molecule has 0 spiro atoms. The number of carboxylic acid groups (broad SMARTS) is 1. The molecule has 1 heterocycles. The second-order valence-electron chi connectivity index (χ2n) is 5.79. The third kappa shape index (κ3) is 4.18. The fourth-order valence-electron chi connectivity index (χ4n) is 2.64. The van der Waals surface area contributed by atoms with Gasteiger partial charge >= 0.3 is 5.97 Å². The lowest BCUT2D eigenvalue weighted by Crippen LogP contribution is -2.07. The summed E-state index contributed by atoms with van der Waals surface area (Å²) in [7, 11) is 0. The van der Waals surface area contributed by atoms with Crippen molar-refractivity contribution in [2.75, 3.05) is 13.2 Å². The van der Waals surface area contributed by atoms with Crippen molar-refractivity contribution in [3.8, 4) is 11.1 Å². The minimum absolute atomic E-state index is 0.0288. The van der Waals surface area contributed by atoms with Crippen molar-refractivity contribution in [3.05, 3.63) is 59.7 Å². The Hall–Kier alpha value is -2.17. The molecule has 120 valence electrons. The monoisotopic (exact) mass is 312 g/mol. The standard InChI is InChI=1S/C19H20O4/c1-13(22-11-16-12-23-16)17-7-2-3-8-18(17)15-6-4-5-14(9-15)10-19(20)21/h2-9,13,16H,10-12H2,1H3,(H,20,21)/t13-,16+/m1/s1. The summed E-state index contributed by atoms with van der Waals surface area (Å²) < 4.78 is 11.1. The predicted molar refractivity (Wildman–Crippen MR) is 87.3 cm³/mol. The van der Waals surface area contributed by atoms with E-state index in [1.807, 2.05) is 49.4 Å². The Labute approximate surface area is 135 Å². The maximum absolute atomic E-state index is 10.9. The normalized spacial score (nSPS) is 17.7. The summed E-state index contributed by atoms with van der Waals surface area (Å²) in [5.41, 5.74) is 3.98. The fraction of sp³-hybridized carbons (Fsp3) is 0.316. The van der Waals surface area contributed by atoms with Gasteiger partial charge in [-0.2, -0.15) is 0 Å². The fourth-order valence-corrected chi connectivity index (χ4v) is 2.64. The first kappa shape index (κ1) is 15.7. The second kappa shape index (κ2) is 6.94. The Morgan fingerprint density at radius 3 is 2.83 bits per heavy atom. The minimum atomic E-state index is -0.823. The zero-order valence-electron chi connectivity index (χ0n) is 13.1. The van der Waals surface area contributed by atoms with E-state index in [1.165, 1.54) is 0 Å². The lowest BCUT2D eigenvalue weighted by molar-refractivity contribution is -0.136. The van der Waals surface area contributed by atoms with Gasteiger partial charge in [0.2, 0.25) is 0 Å². The van der Waals surface area contributed by atoms with Gasteiger partial charge in [-0.25, -0.2) is 0 Å². The van der Waals surface area contributed by atoms with Crippen LogP contribution < -0.4 is 0 Å². The van der Waals surface area contributed by atoms with Crippen LogP contribution in [0.25, 0.3) is 11.1 Å². The summed E-state index contributed by atoms with van der Waals surface area (Å²) in [6.45, 7) is 3.42. The molecule has 4 nitrogen and oxygen atoms in total. The highest BCUT2D eigenvalue weighted by molar-refractivity contribution is 5.73. The molecule has 1 fully saturated rings. The number of rotatable bonds is 7. The van der Waals surface area contributed by atoms with E-state index < -0.39 is 5.97 Å². The zero-order valence-corrected chi connectivity index (χ0v) is 13.1. The molecule has 0 radical (unpaired) electrons. The largest absolute Gasteiger partial charge is 0.481 e. The van der Waals surface area contributed by atoms with Crippen LogP contribution in [0.2, 0.25) is 0 Å². The molecule has 1 aliphatic heterocycles. The van der Waals surface area contributed by atoms with E-state index in [1.54, 1.807) is 0 Å². The molecule has 0 amide bonds. The topological polar surface area (TPSA) is 59.1 Å². The van der Waals surface area contributed by atoms with Crippen LogP contribution in [0.5, 0.6) is 0 Å². The summed E-state index contributed by atoms with van der Waals surface area (Å²) >= 11 is 0. The molecule has 4 heteroatoms. The van der Waals surface area contributed by atoms with Crippen molar-refractivity contribution < 1.29 is 19.4 Å². The van der Waals surface area contributed by atoms with Crippen molar-refractivity contribution in [2.24, 2.45) is 0 Å². The molecule has 1 N–H and O–H groups in total. The molecule has 3 rings (SSSR count). The number of aliphatic carboxylic acids is 1.